The van der Waals surface area contributed by atoms with Crippen LogP contribution < -0.4 is 10.9 Å². The zero-order valence-electron chi connectivity index (χ0n) is 14.3. The quantitative estimate of drug-likeness (QED) is 0.718. The molecule has 4 rings (SSSR count). The van der Waals surface area contributed by atoms with Gasteiger partial charge in [0.05, 0.1) is 29.7 Å². The highest BCUT2D eigenvalue weighted by Crippen LogP contribution is 2.30. The normalized spacial score (nSPS) is 16.6. The van der Waals surface area contributed by atoms with E-state index in [-0.39, 0.29) is 16.8 Å². The van der Waals surface area contributed by atoms with E-state index in [0.717, 1.165) is 35.5 Å². The fraction of sp³-hybridized carbons (Fsp3) is 0.294. The number of benzene rings is 1. The number of alkyl halides is 3. The van der Waals surface area contributed by atoms with Crippen LogP contribution in [0.2, 0.25) is 5.02 Å². The second-order valence-electron chi connectivity index (χ2n) is 6.38. The summed E-state index contributed by atoms with van der Waals surface area (Å²) < 4.78 is 41.4. The summed E-state index contributed by atoms with van der Waals surface area (Å²) in [5, 5.41) is 11.1. The summed E-state index contributed by atoms with van der Waals surface area (Å²) >= 11 is 6.18. The summed E-state index contributed by atoms with van der Waals surface area (Å²) in [7, 11) is 0. The summed E-state index contributed by atoms with van der Waals surface area (Å²) in [6.45, 7) is 0.558. The zero-order valence-corrected chi connectivity index (χ0v) is 15.1. The Morgan fingerprint density at radius 3 is 2.86 bits per heavy atom. The highest BCUT2D eigenvalue weighted by molar-refractivity contribution is 6.32. The van der Waals surface area contributed by atoms with Crippen LogP contribution in [-0.4, -0.2) is 30.6 Å². The van der Waals surface area contributed by atoms with Gasteiger partial charge in [-0.25, -0.2) is 9.67 Å². The highest BCUT2D eigenvalue weighted by atomic mass is 35.5. The van der Waals surface area contributed by atoms with E-state index in [1.54, 1.807) is 4.68 Å². The topological polar surface area (TPSA) is 77.6 Å². The van der Waals surface area contributed by atoms with Gasteiger partial charge in [0.15, 0.2) is 0 Å². The molecule has 3 heterocycles. The summed E-state index contributed by atoms with van der Waals surface area (Å²) in [6.07, 6.45) is -0.203. The molecule has 0 spiro atoms. The van der Waals surface area contributed by atoms with Crippen molar-refractivity contribution in [1.29, 1.82) is 0 Å². The molecule has 3 aromatic rings. The lowest BCUT2D eigenvalue weighted by Crippen LogP contribution is -2.33. The first-order chi connectivity index (χ1) is 13.3. The standard InChI is InChI=1S/C17H14ClF3N6O/c18-15-13(25-11-4-5-14-22-9-24-26(14)8-11)7-23-27(16(15)28)12-3-1-2-10(6-12)17(19,20)21/h1-3,6-7,9,11,25H,4-5,8H2. The molecule has 0 aliphatic carbocycles. The van der Waals surface area contributed by atoms with Crippen LogP contribution in [-0.2, 0) is 19.1 Å². The van der Waals surface area contributed by atoms with Gasteiger partial charge in [0.2, 0.25) is 0 Å². The average molecular weight is 411 g/mol. The minimum atomic E-state index is -4.52. The Kier molecular flexibility index (Phi) is 4.58. The first kappa shape index (κ1) is 18.5. The molecule has 7 nitrogen and oxygen atoms in total. The average Bonchev–Trinajstić information content (AvgIpc) is 3.13. The first-order valence-corrected chi connectivity index (χ1v) is 8.79. The molecule has 11 heteroatoms. The minimum absolute atomic E-state index is 0.0156. The van der Waals surface area contributed by atoms with Crippen molar-refractivity contribution in [2.24, 2.45) is 0 Å². The number of fused-ring (bicyclic) bond motifs is 1. The highest BCUT2D eigenvalue weighted by Gasteiger charge is 2.30. The zero-order chi connectivity index (χ0) is 19.9. The predicted molar refractivity (Wildman–Crippen MR) is 95.6 cm³/mol. The Bertz CT molecular complexity index is 1080. The van der Waals surface area contributed by atoms with E-state index in [2.05, 4.69) is 20.5 Å². The molecule has 0 saturated carbocycles. The predicted octanol–water partition coefficient (Wildman–Crippen LogP) is 2.92. The summed E-state index contributed by atoms with van der Waals surface area (Å²) in [4.78, 5) is 16.7. The molecule has 1 atom stereocenters. The Morgan fingerprint density at radius 2 is 2.07 bits per heavy atom. The third kappa shape index (κ3) is 3.47. The molecule has 0 bridgehead atoms. The third-order valence-corrected chi connectivity index (χ3v) is 4.87. The van der Waals surface area contributed by atoms with Gasteiger partial charge in [-0.2, -0.15) is 28.1 Å². The van der Waals surface area contributed by atoms with Crippen molar-refractivity contribution in [2.75, 3.05) is 5.32 Å². The molecule has 0 fully saturated rings. The van der Waals surface area contributed by atoms with E-state index < -0.39 is 17.3 Å². The number of rotatable bonds is 3. The van der Waals surface area contributed by atoms with E-state index in [4.69, 9.17) is 11.6 Å². The van der Waals surface area contributed by atoms with Crippen LogP contribution in [0, 0.1) is 0 Å². The summed E-state index contributed by atoms with van der Waals surface area (Å²) in [5.74, 6) is 0.891. The van der Waals surface area contributed by atoms with Gasteiger partial charge in [-0.15, -0.1) is 0 Å². The fourth-order valence-corrected chi connectivity index (χ4v) is 3.29. The van der Waals surface area contributed by atoms with Crippen LogP contribution in [0.1, 0.15) is 17.8 Å². The minimum Gasteiger partial charge on any atom is -0.378 e. The van der Waals surface area contributed by atoms with Gasteiger partial charge in [0, 0.05) is 12.5 Å². The maximum Gasteiger partial charge on any atom is 0.416 e. The number of aryl methyl sites for hydroxylation is 1. The molecule has 0 saturated heterocycles. The van der Waals surface area contributed by atoms with Gasteiger partial charge in [-0.1, -0.05) is 17.7 Å². The van der Waals surface area contributed by atoms with Gasteiger partial charge >= 0.3 is 6.18 Å². The molecule has 1 aliphatic heterocycles. The molecular formula is C17H14ClF3N6O. The van der Waals surface area contributed by atoms with Gasteiger partial charge < -0.3 is 5.32 Å². The van der Waals surface area contributed by atoms with Crippen LogP contribution in [0.25, 0.3) is 5.69 Å². The lowest BCUT2D eigenvalue weighted by molar-refractivity contribution is -0.137. The molecule has 1 unspecified atom stereocenters. The number of halogens is 4. The number of hydrogen-bond acceptors (Lipinski definition) is 5. The smallest absolute Gasteiger partial charge is 0.378 e. The number of nitrogens with one attached hydrogen (secondary N) is 1. The summed E-state index contributed by atoms with van der Waals surface area (Å²) in [6, 6.07) is 4.32. The number of hydrogen-bond donors (Lipinski definition) is 1. The van der Waals surface area contributed by atoms with Gasteiger partial charge in [0.1, 0.15) is 17.2 Å². The summed E-state index contributed by atoms with van der Waals surface area (Å²) in [5.41, 5.74) is -1.27. The van der Waals surface area contributed by atoms with Gasteiger partial charge in [0.25, 0.3) is 5.56 Å². The molecule has 0 radical (unpaired) electrons. The Balaban J connectivity index is 1.60. The first-order valence-electron chi connectivity index (χ1n) is 8.41. The molecule has 0 amide bonds. The van der Waals surface area contributed by atoms with Crippen molar-refractivity contribution in [3.05, 3.63) is 63.6 Å². The molecule has 2 aromatic heterocycles. The van der Waals surface area contributed by atoms with Gasteiger partial charge in [-0.3, -0.25) is 4.79 Å². The fourth-order valence-electron chi connectivity index (χ4n) is 3.11. The monoisotopic (exact) mass is 410 g/mol. The molecule has 28 heavy (non-hydrogen) atoms. The maximum atomic E-state index is 12.9. The second-order valence-corrected chi connectivity index (χ2v) is 6.75. The number of aromatic nitrogens is 5. The lowest BCUT2D eigenvalue weighted by Gasteiger charge is -2.24. The maximum absolute atomic E-state index is 12.9. The van der Waals surface area contributed by atoms with Crippen molar-refractivity contribution in [1.82, 2.24) is 24.5 Å². The molecule has 1 aromatic carbocycles. The molecule has 1 aliphatic rings. The second kappa shape index (κ2) is 6.93. The van der Waals surface area contributed by atoms with Crippen molar-refractivity contribution < 1.29 is 13.2 Å². The Morgan fingerprint density at radius 1 is 1.25 bits per heavy atom. The Hall–Kier alpha value is -2.88. The molecule has 1 N–H and O–H groups in total. The lowest BCUT2D eigenvalue weighted by atomic mass is 10.1. The van der Waals surface area contributed by atoms with Crippen molar-refractivity contribution >= 4 is 17.3 Å². The third-order valence-electron chi connectivity index (χ3n) is 4.50. The SMILES string of the molecule is O=c1c(Cl)c(NC2CCc3ncnn3C2)cnn1-c1cccc(C(F)(F)F)c1. The van der Waals surface area contributed by atoms with E-state index in [9.17, 15) is 18.0 Å². The molecular weight excluding hydrogens is 397 g/mol. The molecule has 146 valence electrons. The number of nitrogens with zero attached hydrogens (tertiary/aromatic N) is 5. The van der Waals surface area contributed by atoms with Crippen LogP contribution in [0.5, 0.6) is 0 Å². The van der Waals surface area contributed by atoms with Crippen molar-refractivity contribution in [3.63, 3.8) is 0 Å². The largest absolute Gasteiger partial charge is 0.416 e. The van der Waals surface area contributed by atoms with Crippen LogP contribution in [0.15, 0.2) is 41.6 Å². The number of anilines is 1. The van der Waals surface area contributed by atoms with Crippen LogP contribution in [0.4, 0.5) is 18.9 Å². The van der Waals surface area contributed by atoms with Crippen LogP contribution in [0.3, 0.4) is 0 Å². The van der Waals surface area contributed by atoms with E-state index in [0.29, 0.717) is 12.2 Å². The van der Waals surface area contributed by atoms with Crippen LogP contribution >= 0.6 is 11.6 Å². The van der Waals surface area contributed by atoms with Gasteiger partial charge in [-0.05, 0) is 24.6 Å². The van der Waals surface area contributed by atoms with E-state index >= 15 is 0 Å². The Labute approximate surface area is 161 Å². The van der Waals surface area contributed by atoms with E-state index in [1.807, 2.05) is 0 Å². The van der Waals surface area contributed by atoms with Crippen molar-refractivity contribution in [3.8, 4) is 5.69 Å². The van der Waals surface area contributed by atoms with Crippen molar-refractivity contribution in [2.45, 2.75) is 31.6 Å². The van der Waals surface area contributed by atoms with E-state index in [1.165, 1.54) is 24.7 Å².